The Morgan fingerprint density at radius 3 is 2.94 bits per heavy atom. The smallest absolute Gasteiger partial charge is 0.157 e. The van der Waals surface area contributed by atoms with Crippen LogP contribution >= 0.6 is 11.8 Å². The van der Waals surface area contributed by atoms with E-state index in [-0.39, 0.29) is 0 Å². The maximum absolute atomic E-state index is 4.69. The monoisotopic (exact) mass is 252 g/mol. The number of nitrogens with one attached hydrogen (secondary N) is 1. The topological polar surface area (TPSA) is 24.4 Å². The maximum atomic E-state index is 4.69. The number of amidine groups is 1. The van der Waals surface area contributed by atoms with Gasteiger partial charge in [0.2, 0.25) is 0 Å². The van der Waals surface area contributed by atoms with E-state index in [1.165, 1.54) is 50.1 Å². The third kappa shape index (κ3) is 2.98. The Hall–Kier alpha value is -0.180. The van der Waals surface area contributed by atoms with Crippen molar-refractivity contribution in [1.29, 1.82) is 0 Å². The second-order valence-electron chi connectivity index (χ2n) is 5.92. The zero-order chi connectivity index (χ0) is 11.7. The van der Waals surface area contributed by atoms with Gasteiger partial charge in [0.05, 0.1) is 6.54 Å². The van der Waals surface area contributed by atoms with Crippen LogP contribution in [0.2, 0.25) is 0 Å². The quantitative estimate of drug-likeness (QED) is 0.832. The number of thioether (sulfide) groups is 1. The van der Waals surface area contributed by atoms with Gasteiger partial charge < -0.3 is 5.32 Å². The molecule has 0 bridgehead atoms. The van der Waals surface area contributed by atoms with Gasteiger partial charge in [-0.05, 0) is 37.5 Å². The Balaban J connectivity index is 1.46. The fourth-order valence-corrected chi connectivity index (χ4v) is 4.44. The van der Waals surface area contributed by atoms with Gasteiger partial charge in [-0.2, -0.15) is 0 Å². The lowest BCUT2D eigenvalue weighted by molar-refractivity contribution is 0.300. The van der Waals surface area contributed by atoms with Gasteiger partial charge in [0.15, 0.2) is 5.17 Å². The van der Waals surface area contributed by atoms with Crippen LogP contribution in [0, 0.1) is 11.8 Å². The molecule has 0 spiro atoms. The first-order valence-electron chi connectivity index (χ1n) is 7.32. The molecule has 3 unspecified atom stereocenters. The number of hydrogen-bond donors (Lipinski definition) is 1. The molecule has 2 nitrogen and oxygen atoms in total. The first-order chi connectivity index (χ1) is 8.35. The van der Waals surface area contributed by atoms with Crippen LogP contribution in [0.1, 0.15) is 51.9 Å². The fraction of sp³-hybridized carbons (Fsp3) is 0.929. The van der Waals surface area contributed by atoms with E-state index in [2.05, 4.69) is 12.2 Å². The molecule has 17 heavy (non-hydrogen) atoms. The summed E-state index contributed by atoms with van der Waals surface area (Å²) in [5.74, 6) is 1.94. The molecule has 2 fully saturated rings. The van der Waals surface area contributed by atoms with Crippen molar-refractivity contribution in [3.8, 4) is 0 Å². The highest BCUT2D eigenvalue weighted by Crippen LogP contribution is 2.41. The van der Waals surface area contributed by atoms with Crippen LogP contribution < -0.4 is 5.32 Å². The average Bonchev–Trinajstić information content (AvgIpc) is 3.11. The SMILES string of the molecule is CCC1CCCC(NC2=NCC(C3CC3)S2)C1. The first-order valence-corrected chi connectivity index (χ1v) is 8.20. The number of hydrogen-bond acceptors (Lipinski definition) is 3. The predicted octanol–water partition coefficient (Wildman–Crippen LogP) is 3.43. The minimum Gasteiger partial charge on any atom is -0.362 e. The van der Waals surface area contributed by atoms with E-state index in [9.17, 15) is 0 Å². The number of rotatable bonds is 3. The van der Waals surface area contributed by atoms with Crippen LogP contribution in [-0.4, -0.2) is 23.0 Å². The van der Waals surface area contributed by atoms with Crippen LogP contribution in [0.3, 0.4) is 0 Å². The van der Waals surface area contributed by atoms with E-state index in [0.29, 0.717) is 6.04 Å². The molecule has 3 aliphatic rings. The van der Waals surface area contributed by atoms with Crippen molar-refractivity contribution in [2.24, 2.45) is 16.8 Å². The Morgan fingerprint density at radius 2 is 2.18 bits per heavy atom. The van der Waals surface area contributed by atoms with Crippen molar-refractivity contribution in [2.75, 3.05) is 6.54 Å². The largest absolute Gasteiger partial charge is 0.362 e. The second-order valence-corrected chi connectivity index (χ2v) is 7.15. The maximum Gasteiger partial charge on any atom is 0.157 e. The molecule has 2 aliphatic carbocycles. The first kappa shape index (κ1) is 11.9. The lowest BCUT2D eigenvalue weighted by Gasteiger charge is -2.29. The Morgan fingerprint density at radius 1 is 1.29 bits per heavy atom. The molecule has 1 N–H and O–H groups in total. The Bertz CT molecular complexity index is 299. The van der Waals surface area contributed by atoms with Gasteiger partial charge in [0.1, 0.15) is 0 Å². The third-order valence-corrected chi connectivity index (χ3v) is 5.82. The van der Waals surface area contributed by atoms with Crippen LogP contribution in [0.15, 0.2) is 4.99 Å². The van der Waals surface area contributed by atoms with Gasteiger partial charge in [-0.15, -0.1) is 0 Å². The van der Waals surface area contributed by atoms with Crippen molar-refractivity contribution in [1.82, 2.24) is 5.32 Å². The predicted molar refractivity (Wildman–Crippen MR) is 75.6 cm³/mol. The second kappa shape index (κ2) is 5.21. The summed E-state index contributed by atoms with van der Waals surface area (Å²) in [7, 11) is 0. The molecular formula is C14H24N2S. The zero-order valence-corrected chi connectivity index (χ0v) is 11.6. The molecule has 0 radical (unpaired) electrons. The molecule has 0 aromatic rings. The normalized spacial score (nSPS) is 37.9. The molecule has 96 valence electrons. The fourth-order valence-electron chi connectivity index (χ4n) is 3.15. The molecule has 1 heterocycles. The summed E-state index contributed by atoms with van der Waals surface area (Å²) >= 11 is 2.02. The van der Waals surface area contributed by atoms with Gasteiger partial charge in [-0.3, -0.25) is 4.99 Å². The summed E-state index contributed by atoms with van der Waals surface area (Å²) in [5, 5.41) is 5.77. The van der Waals surface area contributed by atoms with Crippen molar-refractivity contribution < 1.29 is 0 Å². The van der Waals surface area contributed by atoms with Gasteiger partial charge in [0, 0.05) is 11.3 Å². The summed E-state index contributed by atoms with van der Waals surface area (Å²) in [5.41, 5.74) is 0. The van der Waals surface area contributed by atoms with Crippen LogP contribution in [0.4, 0.5) is 0 Å². The lowest BCUT2D eigenvalue weighted by atomic mass is 9.84. The number of aliphatic imine (C=N–C) groups is 1. The van der Waals surface area contributed by atoms with Crippen LogP contribution in [-0.2, 0) is 0 Å². The number of nitrogens with zero attached hydrogens (tertiary/aromatic N) is 1. The summed E-state index contributed by atoms with van der Waals surface area (Å²) in [6.45, 7) is 3.40. The van der Waals surface area contributed by atoms with Crippen molar-refractivity contribution >= 4 is 16.9 Å². The zero-order valence-electron chi connectivity index (χ0n) is 10.8. The van der Waals surface area contributed by atoms with Gasteiger partial charge >= 0.3 is 0 Å². The Kier molecular flexibility index (Phi) is 3.64. The van der Waals surface area contributed by atoms with E-state index >= 15 is 0 Å². The minimum absolute atomic E-state index is 0.706. The molecule has 3 atom stereocenters. The molecule has 0 aromatic carbocycles. The molecular weight excluding hydrogens is 228 g/mol. The molecule has 0 amide bonds. The highest BCUT2D eigenvalue weighted by molar-refractivity contribution is 8.14. The van der Waals surface area contributed by atoms with E-state index < -0.39 is 0 Å². The van der Waals surface area contributed by atoms with Gasteiger partial charge in [-0.1, -0.05) is 37.9 Å². The minimum atomic E-state index is 0.706. The van der Waals surface area contributed by atoms with E-state index in [0.717, 1.165) is 23.6 Å². The molecule has 0 aromatic heterocycles. The highest BCUT2D eigenvalue weighted by atomic mass is 32.2. The van der Waals surface area contributed by atoms with Gasteiger partial charge in [-0.25, -0.2) is 0 Å². The van der Waals surface area contributed by atoms with Gasteiger partial charge in [0.25, 0.3) is 0 Å². The van der Waals surface area contributed by atoms with Crippen LogP contribution in [0.25, 0.3) is 0 Å². The van der Waals surface area contributed by atoms with Crippen molar-refractivity contribution in [3.63, 3.8) is 0 Å². The summed E-state index contributed by atoms with van der Waals surface area (Å²) in [6.07, 6.45) is 9.81. The van der Waals surface area contributed by atoms with E-state index in [1.807, 2.05) is 11.8 Å². The molecule has 0 saturated heterocycles. The molecule has 2 saturated carbocycles. The lowest BCUT2D eigenvalue weighted by Crippen LogP contribution is -2.36. The van der Waals surface area contributed by atoms with Crippen LogP contribution in [0.5, 0.6) is 0 Å². The Labute approximate surface area is 109 Å². The average molecular weight is 252 g/mol. The van der Waals surface area contributed by atoms with Crippen molar-refractivity contribution in [2.45, 2.75) is 63.2 Å². The summed E-state index contributed by atoms with van der Waals surface area (Å²) in [4.78, 5) is 4.69. The highest BCUT2D eigenvalue weighted by Gasteiger charge is 2.35. The summed E-state index contributed by atoms with van der Waals surface area (Å²) < 4.78 is 0. The summed E-state index contributed by atoms with van der Waals surface area (Å²) in [6, 6.07) is 0.706. The molecule has 3 heteroatoms. The molecule has 3 rings (SSSR count). The van der Waals surface area contributed by atoms with Crippen molar-refractivity contribution in [3.05, 3.63) is 0 Å². The third-order valence-electron chi connectivity index (χ3n) is 4.51. The van der Waals surface area contributed by atoms with E-state index in [4.69, 9.17) is 4.99 Å². The standard InChI is InChI=1S/C14H24N2S/c1-2-10-4-3-5-12(8-10)16-14-15-9-13(17-14)11-6-7-11/h10-13H,2-9H2,1H3,(H,15,16). The molecule has 1 aliphatic heterocycles. The van der Waals surface area contributed by atoms with E-state index in [1.54, 1.807) is 0 Å².